The van der Waals surface area contributed by atoms with Crippen molar-refractivity contribution in [3.05, 3.63) is 63.1 Å². The van der Waals surface area contributed by atoms with E-state index in [-0.39, 0.29) is 35.9 Å². The number of carbonyl (C=O) groups excluding carboxylic acids is 1. The Morgan fingerprint density at radius 2 is 1.62 bits per heavy atom. The number of hydrogen-bond acceptors (Lipinski definition) is 6. The summed E-state index contributed by atoms with van der Waals surface area (Å²) < 4.78 is 29.7. The van der Waals surface area contributed by atoms with Crippen LogP contribution in [0.15, 0.2) is 40.1 Å². The van der Waals surface area contributed by atoms with Crippen molar-refractivity contribution in [3.8, 4) is 0 Å². The third kappa shape index (κ3) is 5.98. The number of thiophene rings is 1. The zero-order chi connectivity index (χ0) is 29.4. The molecule has 0 unspecified atom stereocenters. The van der Waals surface area contributed by atoms with Gasteiger partial charge in [0.25, 0.3) is 10.0 Å². The number of nitrogens with zero attached hydrogens (tertiary/aromatic N) is 3. The monoisotopic (exact) mass is 583 g/mol. The molecule has 0 aliphatic heterocycles. The maximum Gasteiger partial charge on any atom is 0.284 e. The molecule has 0 spiro atoms. The Balaban J connectivity index is 1.82. The predicted molar refractivity (Wildman–Crippen MR) is 163 cm³/mol. The van der Waals surface area contributed by atoms with Crippen LogP contribution in [-0.2, 0) is 15.4 Å². The van der Waals surface area contributed by atoms with Crippen LogP contribution in [0.25, 0.3) is 0 Å². The highest BCUT2D eigenvalue weighted by molar-refractivity contribution is 7.90. The van der Waals surface area contributed by atoms with Gasteiger partial charge >= 0.3 is 0 Å². The first-order valence-electron chi connectivity index (χ1n) is 14.7. The van der Waals surface area contributed by atoms with Crippen molar-refractivity contribution in [3.63, 3.8) is 0 Å². The summed E-state index contributed by atoms with van der Waals surface area (Å²) >= 11 is 1.51. The summed E-state index contributed by atoms with van der Waals surface area (Å²) in [6.07, 6.45) is 6.02. The first kappa shape index (κ1) is 30.6. The SMILES string of the molecule is CC1CCC([C@](C)(CC(=O)c2ccsc2)c2cn(S(=O)(=O)c3c(C(C)C)cc(C(C)C)cc3C(C)C)nn2)CC1. The molecule has 0 saturated heterocycles. The zero-order valence-corrected chi connectivity index (χ0v) is 26.9. The molecule has 3 aromatic rings. The second-order valence-electron chi connectivity index (χ2n) is 13.0. The molecule has 0 N–H and O–H groups in total. The summed E-state index contributed by atoms with van der Waals surface area (Å²) in [5.41, 5.74) is 3.42. The average Bonchev–Trinajstić information content (AvgIpc) is 3.61. The Labute approximate surface area is 244 Å². The van der Waals surface area contributed by atoms with Gasteiger partial charge in [-0.1, -0.05) is 85.6 Å². The molecular formula is C32H45N3O3S2. The van der Waals surface area contributed by atoms with Gasteiger partial charge in [-0.3, -0.25) is 4.79 Å². The highest BCUT2D eigenvalue weighted by atomic mass is 32.2. The lowest BCUT2D eigenvalue weighted by molar-refractivity contribution is 0.0897. The Bertz CT molecular complexity index is 1400. The fourth-order valence-electron chi connectivity index (χ4n) is 6.11. The highest BCUT2D eigenvalue weighted by Crippen LogP contribution is 2.45. The standard InChI is InChI=1S/C32H45N3O3S2/c1-20(2)25-15-27(21(3)4)31(28(16-25)22(5)6)40(37,38)35-18-30(33-34-35)32(8,26-11-9-23(7)10-12-26)17-29(36)24-13-14-39-19-24/h13-16,18-23,26H,9-12,17H2,1-8H3/t23?,26?,32-/m0/s1. The summed E-state index contributed by atoms with van der Waals surface area (Å²) in [7, 11) is -4.02. The van der Waals surface area contributed by atoms with Crippen LogP contribution in [0.5, 0.6) is 0 Å². The van der Waals surface area contributed by atoms with Crippen molar-refractivity contribution < 1.29 is 13.2 Å². The topological polar surface area (TPSA) is 81.9 Å². The fraction of sp³-hybridized carbons (Fsp3) is 0.594. The first-order chi connectivity index (χ1) is 18.8. The Morgan fingerprint density at radius 3 is 2.12 bits per heavy atom. The van der Waals surface area contributed by atoms with Gasteiger partial charge in [-0.05, 0) is 70.6 Å². The van der Waals surface area contributed by atoms with E-state index in [1.165, 1.54) is 11.3 Å². The summed E-state index contributed by atoms with van der Waals surface area (Å²) in [5.74, 6) is 1.25. The summed E-state index contributed by atoms with van der Waals surface area (Å²) in [5, 5.41) is 12.5. The van der Waals surface area contributed by atoms with Gasteiger partial charge in [0.2, 0.25) is 0 Å². The molecular weight excluding hydrogens is 539 g/mol. The molecule has 40 heavy (non-hydrogen) atoms. The van der Waals surface area contributed by atoms with Crippen LogP contribution in [0.4, 0.5) is 0 Å². The minimum Gasteiger partial charge on any atom is -0.294 e. The molecule has 2 heterocycles. The van der Waals surface area contributed by atoms with Gasteiger partial charge in [0.15, 0.2) is 5.78 Å². The maximum atomic E-state index is 14.3. The van der Waals surface area contributed by atoms with Crippen molar-refractivity contribution in [2.75, 3.05) is 0 Å². The van der Waals surface area contributed by atoms with Gasteiger partial charge in [0, 0.05) is 22.8 Å². The third-order valence-electron chi connectivity index (χ3n) is 8.93. The molecule has 1 fully saturated rings. The minimum absolute atomic E-state index is 0.0155. The normalized spacial score (nSPS) is 19.9. The van der Waals surface area contributed by atoms with Crippen LogP contribution in [0.3, 0.4) is 0 Å². The van der Waals surface area contributed by atoms with Crippen LogP contribution in [-0.4, -0.2) is 28.6 Å². The van der Waals surface area contributed by atoms with Crippen LogP contribution < -0.4 is 0 Å². The number of carbonyl (C=O) groups is 1. The number of rotatable bonds is 10. The molecule has 6 nitrogen and oxygen atoms in total. The van der Waals surface area contributed by atoms with E-state index in [0.29, 0.717) is 22.1 Å². The van der Waals surface area contributed by atoms with E-state index < -0.39 is 15.4 Å². The highest BCUT2D eigenvalue weighted by Gasteiger charge is 2.42. The zero-order valence-electron chi connectivity index (χ0n) is 25.3. The maximum absolute atomic E-state index is 14.3. The molecule has 1 aliphatic carbocycles. The molecule has 4 rings (SSSR count). The molecule has 2 aromatic heterocycles. The van der Waals surface area contributed by atoms with Gasteiger partial charge < -0.3 is 0 Å². The van der Waals surface area contributed by atoms with Crippen molar-refractivity contribution in [2.45, 2.75) is 116 Å². The van der Waals surface area contributed by atoms with E-state index >= 15 is 0 Å². The lowest BCUT2D eigenvalue weighted by Crippen LogP contribution is -2.37. The van der Waals surface area contributed by atoms with E-state index in [2.05, 4.69) is 38.0 Å². The van der Waals surface area contributed by atoms with Gasteiger partial charge in [-0.25, -0.2) is 0 Å². The van der Waals surface area contributed by atoms with E-state index in [1.54, 1.807) is 6.20 Å². The van der Waals surface area contributed by atoms with Crippen LogP contribution in [0.1, 0.15) is 138 Å². The van der Waals surface area contributed by atoms with E-state index in [9.17, 15) is 13.2 Å². The van der Waals surface area contributed by atoms with E-state index in [4.69, 9.17) is 0 Å². The molecule has 1 aliphatic rings. The number of hydrogen-bond donors (Lipinski definition) is 0. The quantitative estimate of drug-likeness (QED) is 0.224. The lowest BCUT2D eigenvalue weighted by Gasteiger charge is -2.39. The summed E-state index contributed by atoms with van der Waals surface area (Å²) in [4.78, 5) is 13.7. The van der Waals surface area contributed by atoms with Crippen LogP contribution in [0.2, 0.25) is 0 Å². The van der Waals surface area contributed by atoms with Crippen molar-refractivity contribution in [2.24, 2.45) is 11.8 Å². The molecule has 0 bridgehead atoms. The first-order valence-corrected chi connectivity index (χ1v) is 17.1. The molecule has 0 amide bonds. The minimum atomic E-state index is -4.02. The number of ketones is 1. The van der Waals surface area contributed by atoms with Gasteiger partial charge in [-0.2, -0.15) is 19.8 Å². The van der Waals surface area contributed by atoms with Gasteiger partial charge in [0.05, 0.1) is 16.8 Å². The van der Waals surface area contributed by atoms with Gasteiger partial charge in [-0.15, -0.1) is 9.19 Å². The van der Waals surface area contributed by atoms with Crippen molar-refractivity contribution >= 4 is 27.1 Å². The second-order valence-corrected chi connectivity index (χ2v) is 15.5. The number of benzene rings is 1. The number of Topliss-reactive ketones (excluding diaryl/α,β-unsaturated/α-hetero) is 1. The Hall–Kier alpha value is -2.32. The van der Waals surface area contributed by atoms with Crippen LogP contribution in [0, 0.1) is 11.8 Å². The van der Waals surface area contributed by atoms with Crippen molar-refractivity contribution in [1.29, 1.82) is 0 Å². The third-order valence-corrected chi connectivity index (χ3v) is 11.3. The fourth-order valence-corrected chi connectivity index (χ4v) is 8.51. The lowest BCUT2D eigenvalue weighted by atomic mass is 9.64. The Kier molecular flexibility index (Phi) is 9.10. The molecule has 0 radical (unpaired) electrons. The molecule has 1 aromatic carbocycles. The predicted octanol–water partition coefficient (Wildman–Crippen LogP) is 8.30. The largest absolute Gasteiger partial charge is 0.294 e. The summed E-state index contributed by atoms with van der Waals surface area (Å²) in [6.45, 7) is 16.8. The summed E-state index contributed by atoms with van der Waals surface area (Å²) in [6, 6.07) is 5.94. The molecule has 218 valence electrons. The van der Waals surface area contributed by atoms with E-state index in [1.807, 2.05) is 56.7 Å². The Morgan fingerprint density at radius 1 is 1.02 bits per heavy atom. The van der Waals surface area contributed by atoms with E-state index in [0.717, 1.165) is 46.5 Å². The van der Waals surface area contributed by atoms with Gasteiger partial charge in [0.1, 0.15) is 0 Å². The molecule has 1 atom stereocenters. The van der Waals surface area contributed by atoms with Crippen LogP contribution >= 0.6 is 11.3 Å². The smallest absolute Gasteiger partial charge is 0.284 e. The molecule has 1 saturated carbocycles. The second kappa shape index (κ2) is 11.9. The van der Waals surface area contributed by atoms with Crippen molar-refractivity contribution in [1.82, 2.24) is 14.4 Å². The molecule has 8 heteroatoms. The average molecular weight is 584 g/mol. The number of aromatic nitrogens is 3.